The Morgan fingerprint density at radius 2 is 1.66 bits per heavy atom. The number of aliphatic hydroxyl groups is 2. The first-order valence-electron chi connectivity index (χ1n) is 12.1. The number of β-amino-alcohol motifs (C(OH)–C–C–N with tert-alkyl or cyclic N) is 1. The molecule has 4 aromatic rings. The molecule has 2 aromatic carbocycles. The number of fused-ring (bicyclic) bond motifs is 1. The third-order valence-electron chi connectivity index (χ3n) is 6.53. The van der Waals surface area contributed by atoms with Crippen LogP contribution >= 0.6 is 11.3 Å². The monoisotopic (exact) mass is 489 g/mol. The summed E-state index contributed by atoms with van der Waals surface area (Å²) in [5, 5.41) is 22.5. The molecule has 35 heavy (non-hydrogen) atoms. The van der Waals surface area contributed by atoms with Crippen molar-refractivity contribution in [3.05, 3.63) is 78.1 Å². The smallest absolute Gasteiger partial charge is 0.148 e. The van der Waals surface area contributed by atoms with Gasteiger partial charge in [0.2, 0.25) is 0 Å². The van der Waals surface area contributed by atoms with Gasteiger partial charge in [0.05, 0.1) is 29.5 Å². The molecular formula is C27H31N5O2S. The Balaban J connectivity index is 1.29. The van der Waals surface area contributed by atoms with Crippen molar-refractivity contribution >= 4 is 27.4 Å². The average molecular weight is 490 g/mol. The number of benzene rings is 2. The van der Waals surface area contributed by atoms with Crippen LogP contribution in [0.4, 0.5) is 5.82 Å². The van der Waals surface area contributed by atoms with Crippen molar-refractivity contribution in [3.63, 3.8) is 0 Å². The van der Waals surface area contributed by atoms with E-state index in [2.05, 4.69) is 55.4 Å². The first-order chi connectivity index (χ1) is 17.2. The Kier molecular flexibility index (Phi) is 7.66. The lowest BCUT2D eigenvalue weighted by Crippen LogP contribution is -2.46. The minimum atomic E-state index is -0.232. The Labute approximate surface area is 209 Å². The standard InChI is InChI=1S/C27H31N5O2S/c33-15-14-31-10-12-32(13-11-31)17-20-6-8-22(9-7-20)25-16-23-26(35-25)27(29-19-28-23)30-24(18-34)21-4-2-1-3-5-21/h1-9,16,19,24,33-34H,10-15,17-18H2,(H,28,29,30). The molecule has 2 aromatic heterocycles. The van der Waals surface area contributed by atoms with E-state index in [1.807, 2.05) is 30.3 Å². The summed E-state index contributed by atoms with van der Waals surface area (Å²) in [6.07, 6.45) is 1.57. The van der Waals surface area contributed by atoms with Crippen LogP contribution in [0.1, 0.15) is 17.2 Å². The van der Waals surface area contributed by atoms with Crippen molar-refractivity contribution < 1.29 is 10.2 Å². The molecule has 0 spiro atoms. The van der Waals surface area contributed by atoms with Gasteiger partial charge >= 0.3 is 0 Å². The first-order valence-corrected chi connectivity index (χ1v) is 12.9. The molecule has 0 saturated carbocycles. The van der Waals surface area contributed by atoms with Crippen LogP contribution in [0.2, 0.25) is 0 Å². The number of hydrogen-bond acceptors (Lipinski definition) is 8. The third kappa shape index (κ3) is 5.69. The normalized spacial score (nSPS) is 15.9. The molecule has 8 heteroatoms. The second kappa shape index (κ2) is 11.2. The molecule has 182 valence electrons. The number of hydrogen-bond donors (Lipinski definition) is 3. The maximum atomic E-state index is 9.96. The van der Waals surface area contributed by atoms with Crippen LogP contribution in [-0.2, 0) is 6.54 Å². The summed E-state index contributed by atoms with van der Waals surface area (Å²) in [6.45, 7) is 6.02. The number of nitrogens with one attached hydrogen (secondary N) is 1. The zero-order valence-corrected chi connectivity index (χ0v) is 20.5. The van der Waals surface area contributed by atoms with Gasteiger partial charge < -0.3 is 15.5 Å². The topological polar surface area (TPSA) is 84.8 Å². The third-order valence-corrected chi connectivity index (χ3v) is 7.71. The first kappa shape index (κ1) is 23.8. The number of nitrogens with zero attached hydrogens (tertiary/aromatic N) is 4. The quantitative estimate of drug-likeness (QED) is 0.331. The van der Waals surface area contributed by atoms with E-state index in [1.165, 1.54) is 5.56 Å². The highest BCUT2D eigenvalue weighted by molar-refractivity contribution is 7.22. The van der Waals surface area contributed by atoms with Crippen LogP contribution in [0.5, 0.6) is 0 Å². The molecule has 5 rings (SSSR count). The fraction of sp³-hybridized carbons (Fsp3) is 0.333. The van der Waals surface area contributed by atoms with Crippen LogP contribution in [0.15, 0.2) is 67.0 Å². The number of rotatable bonds is 9. The fourth-order valence-corrected chi connectivity index (χ4v) is 5.60. The van der Waals surface area contributed by atoms with Gasteiger partial charge in [-0.15, -0.1) is 11.3 Å². The van der Waals surface area contributed by atoms with Crippen LogP contribution in [-0.4, -0.2) is 75.9 Å². The molecule has 3 heterocycles. The van der Waals surface area contributed by atoms with E-state index in [0.29, 0.717) is 0 Å². The molecule has 3 N–H and O–H groups in total. The second-order valence-corrected chi connectivity index (χ2v) is 9.93. The summed E-state index contributed by atoms with van der Waals surface area (Å²) < 4.78 is 0.988. The number of aliphatic hydroxyl groups excluding tert-OH is 2. The van der Waals surface area contributed by atoms with Crippen molar-refractivity contribution in [1.82, 2.24) is 19.8 Å². The van der Waals surface area contributed by atoms with Gasteiger partial charge in [-0.1, -0.05) is 54.6 Å². The molecule has 7 nitrogen and oxygen atoms in total. The van der Waals surface area contributed by atoms with E-state index >= 15 is 0 Å². The highest BCUT2D eigenvalue weighted by Crippen LogP contribution is 2.36. The lowest BCUT2D eigenvalue weighted by Gasteiger charge is -2.34. The summed E-state index contributed by atoms with van der Waals surface area (Å²) in [7, 11) is 0. The van der Waals surface area contributed by atoms with Gasteiger partial charge in [-0.25, -0.2) is 9.97 Å². The molecule has 0 aliphatic carbocycles. The minimum Gasteiger partial charge on any atom is -0.395 e. The lowest BCUT2D eigenvalue weighted by atomic mass is 10.1. The van der Waals surface area contributed by atoms with Gasteiger partial charge in [0.25, 0.3) is 0 Å². The Hall–Kier alpha value is -2.88. The maximum absolute atomic E-state index is 9.96. The molecule has 1 aliphatic heterocycles. The van der Waals surface area contributed by atoms with Crippen molar-refractivity contribution in [2.75, 3.05) is 51.3 Å². The summed E-state index contributed by atoms with van der Waals surface area (Å²) >= 11 is 1.67. The van der Waals surface area contributed by atoms with E-state index in [-0.39, 0.29) is 19.3 Å². The average Bonchev–Trinajstić information content (AvgIpc) is 3.35. The predicted octanol–water partition coefficient (Wildman–Crippen LogP) is 3.61. The maximum Gasteiger partial charge on any atom is 0.148 e. The van der Waals surface area contributed by atoms with Gasteiger partial charge in [0, 0.05) is 44.1 Å². The second-order valence-electron chi connectivity index (χ2n) is 8.88. The van der Waals surface area contributed by atoms with E-state index < -0.39 is 0 Å². The van der Waals surface area contributed by atoms with E-state index in [4.69, 9.17) is 5.11 Å². The van der Waals surface area contributed by atoms with Gasteiger partial charge in [-0.2, -0.15) is 0 Å². The fourth-order valence-electron chi connectivity index (χ4n) is 4.53. The zero-order valence-electron chi connectivity index (χ0n) is 19.7. The van der Waals surface area contributed by atoms with Gasteiger partial charge in [-0.05, 0) is 22.8 Å². The highest BCUT2D eigenvalue weighted by Gasteiger charge is 2.17. The summed E-state index contributed by atoms with van der Waals surface area (Å²) in [5.41, 5.74) is 4.39. The molecule has 1 saturated heterocycles. The molecule has 1 atom stereocenters. The number of thiophene rings is 1. The van der Waals surface area contributed by atoms with Crippen molar-refractivity contribution in [1.29, 1.82) is 0 Å². The van der Waals surface area contributed by atoms with Crippen LogP contribution < -0.4 is 5.32 Å². The van der Waals surface area contributed by atoms with Crippen molar-refractivity contribution in [2.45, 2.75) is 12.6 Å². The highest BCUT2D eigenvalue weighted by atomic mass is 32.1. The predicted molar refractivity (Wildman–Crippen MR) is 142 cm³/mol. The van der Waals surface area contributed by atoms with Crippen molar-refractivity contribution in [2.24, 2.45) is 0 Å². The van der Waals surface area contributed by atoms with Crippen molar-refractivity contribution in [3.8, 4) is 10.4 Å². The minimum absolute atomic E-state index is 0.0221. The summed E-state index contributed by atoms with van der Waals surface area (Å²) in [5.74, 6) is 0.742. The lowest BCUT2D eigenvalue weighted by molar-refractivity contribution is 0.108. The van der Waals surface area contributed by atoms with Crippen LogP contribution in [0.25, 0.3) is 20.7 Å². The van der Waals surface area contributed by atoms with Crippen LogP contribution in [0.3, 0.4) is 0 Å². The molecule has 0 bridgehead atoms. The summed E-state index contributed by atoms with van der Waals surface area (Å²) in [6, 6.07) is 20.6. The van der Waals surface area contributed by atoms with Crippen LogP contribution in [0, 0.1) is 0 Å². The van der Waals surface area contributed by atoms with E-state index in [9.17, 15) is 5.11 Å². The molecule has 0 radical (unpaired) electrons. The molecule has 1 aliphatic rings. The van der Waals surface area contributed by atoms with Gasteiger partial charge in [-0.3, -0.25) is 9.80 Å². The Morgan fingerprint density at radius 1 is 0.914 bits per heavy atom. The Bertz CT molecular complexity index is 1220. The number of anilines is 1. The van der Waals surface area contributed by atoms with E-state index in [0.717, 1.165) is 71.3 Å². The number of aromatic nitrogens is 2. The Morgan fingerprint density at radius 3 is 2.37 bits per heavy atom. The molecule has 1 fully saturated rings. The number of piperazine rings is 1. The van der Waals surface area contributed by atoms with Gasteiger partial charge in [0.15, 0.2) is 0 Å². The van der Waals surface area contributed by atoms with E-state index in [1.54, 1.807) is 17.7 Å². The zero-order chi connectivity index (χ0) is 24.0. The SMILES string of the molecule is OCCN1CCN(Cc2ccc(-c3cc4ncnc(NC(CO)c5ccccc5)c4s3)cc2)CC1. The molecular weight excluding hydrogens is 458 g/mol. The molecule has 0 amide bonds. The van der Waals surface area contributed by atoms with Gasteiger partial charge in [0.1, 0.15) is 12.1 Å². The molecule has 1 unspecified atom stereocenters. The summed E-state index contributed by atoms with van der Waals surface area (Å²) in [4.78, 5) is 14.9. The largest absolute Gasteiger partial charge is 0.395 e.